The first-order chi connectivity index (χ1) is 19.7. The minimum absolute atomic E-state index is 0.00299. The number of nitrogens with zero attached hydrogens (tertiary/aromatic N) is 2. The Morgan fingerprint density at radius 3 is 2.05 bits per heavy atom. The number of Topliss-reactive ketones (excluding diaryl/α,β-unsaturated/α-hetero) is 1. The Kier molecular flexibility index (Phi) is 10.4. The molecule has 4 rings (SSSR count). The maximum atomic E-state index is 14.2. The van der Waals surface area contributed by atoms with Crippen LogP contribution < -0.4 is 5.32 Å². The molecule has 1 N–H and O–H groups in total. The number of fused-ring (bicyclic) bond motifs is 1. The van der Waals surface area contributed by atoms with E-state index in [9.17, 15) is 19.2 Å². The van der Waals surface area contributed by atoms with Gasteiger partial charge in [-0.15, -0.1) is 0 Å². The minimum Gasteiger partial charge on any atom is -0.342 e. The maximum Gasteiger partial charge on any atom is 0.247 e. The molecule has 7 nitrogen and oxygen atoms in total. The zero-order chi connectivity index (χ0) is 29.5. The second kappa shape index (κ2) is 13.9. The van der Waals surface area contributed by atoms with Gasteiger partial charge in [0, 0.05) is 43.8 Å². The normalized spacial score (nSPS) is 21.8. The summed E-state index contributed by atoms with van der Waals surface area (Å²) in [5, 5.41) is 2.95. The lowest BCUT2D eigenvalue weighted by Crippen LogP contribution is -2.60. The third-order valence-electron chi connectivity index (χ3n) is 8.68. The van der Waals surface area contributed by atoms with Crippen LogP contribution in [-0.2, 0) is 19.2 Å². The van der Waals surface area contributed by atoms with Crippen LogP contribution in [0.25, 0.3) is 0 Å². The number of nitrogens with one attached hydrogen (secondary N) is 1. The van der Waals surface area contributed by atoms with Crippen molar-refractivity contribution in [2.24, 2.45) is 11.8 Å². The molecular weight excluding hydrogens is 514 g/mol. The Labute approximate surface area is 244 Å². The first-order valence-electron chi connectivity index (χ1n) is 15.2. The van der Waals surface area contributed by atoms with Crippen LogP contribution >= 0.6 is 0 Å². The molecule has 0 spiro atoms. The fourth-order valence-electron chi connectivity index (χ4n) is 6.14. The van der Waals surface area contributed by atoms with E-state index in [2.05, 4.69) is 5.32 Å². The monoisotopic (exact) mass is 559 g/mol. The second-order valence-electron chi connectivity index (χ2n) is 12.1. The van der Waals surface area contributed by atoms with Gasteiger partial charge in [-0.05, 0) is 42.7 Å². The van der Waals surface area contributed by atoms with Crippen molar-refractivity contribution in [3.63, 3.8) is 0 Å². The second-order valence-corrected chi connectivity index (χ2v) is 12.1. The molecule has 2 aromatic rings. The summed E-state index contributed by atoms with van der Waals surface area (Å²) in [6, 6.07) is 18.5. The summed E-state index contributed by atoms with van der Waals surface area (Å²) in [7, 11) is 0. The number of carbonyl (C=O) groups excluding carboxylic acids is 4. The molecule has 41 heavy (non-hydrogen) atoms. The van der Waals surface area contributed by atoms with Crippen molar-refractivity contribution in [2.75, 3.05) is 13.1 Å². The largest absolute Gasteiger partial charge is 0.342 e. The summed E-state index contributed by atoms with van der Waals surface area (Å²) in [6.07, 6.45) is 3.27. The number of ketones is 1. The summed E-state index contributed by atoms with van der Waals surface area (Å²) in [4.78, 5) is 57.8. The predicted molar refractivity (Wildman–Crippen MR) is 160 cm³/mol. The SMILES string of the molecule is CC[C@@H](C)C(=O)N[C@H]1CN(C(=O)CC(C)C)CC[C@H]2CC[C@@H](C(=O)CC(c3ccccc3)c3ccccc3)N2C1=O. The topological polar surface area (TPSA) is 86.8 Å². The van der Waals surface area contributed by atoms with E-state index >= 15 is 0 Å². The van der Waals surface area contributed by atoms with Crippen molar-refractivity contribution < 1.29 is 19.2 Å². The molecular formula is C34H45N3O4. The van der Waals surface area contributed by atoms with Gasteiger partial charge in [-0.25, -0.2) is 0 Å². The average Bonchev–Trinajstić information content (AvgIpc) is 3.39. The number of amides is 3. The average molecular weight is 560 g/mol. The summed E-state index contributed by atoms with van der Waals surface area (Å²) >= 11 is 0. The van der Waals surface area contributed by atoms with Gasteiger partial charge < -0.3 is 15.1 Å². The molecule has 2 aromatic carbocycles. The lowest BCUT2D eigenvalue weighted by molar-refractivity contribution is -0.147. The highest BCUT2D eigenvalue weighted by molar-refractivity contribution is 5.95. The quantitative estimate of drug-likeness (QED) is 0.447. The van der Waals surface area contributed by atoms with Crippen LogP contribution in [0.15, 0.2) is 60.7 Å². The molecule has 2 saturated heterocycles. The third kappa shape index (κ3) is 7.43. The van der Waals surface area contributed by atoms with E-state index in [1.54, 1.807) is 9.80 Å². The van der Waals surface area contributed by atoms with E-state index in [-0.39, 0.29) is 60.3 Å². The van der Waals surface area contributed by atoms with E-state index in [4.69, 9.17) is 0 Å². The minimum atomic E-state index is -0.872. The van der Waals surface area contributed by atoms with E-state index in [0.29, 0.717) is 38.6 Å². The Hall–Kier alpha value is -3.48. The summed E-state index contributed by atoms with van der Waals surface area (Å²) in [5.41, 5.74) is 2.14. The van der Waals surface area contributed by atoms with Crippen molar-refractivity contribution in [3.8, 4) is 0 Å². The molecule has 0 aliphatic carbocycles. The molecule has 3 amide bonds. The molecule has 0 saturated carbocycles. The lowest BCUT2D eigenvalue weighted by Gasteiger charge is -2.39. The van der Waals surface area contributed by atoms with Gasteiger partial charge in [0.15, 0.2) is 5.78 Å². The molecule has 0 radical (unpaired) electrons. The molecule has 0 aromatic heterocycles. The van der Waals surface area contributed by atoms with Crippen LogP contribution in [-0.4, -0.2) is 64.5 Å². The molecule has 2 aliphatic rings. The maximum absolute atomic E-state index is 14.2. The molecule has 4 atom stereocenters. The number of rotatable bonds is 10. The highest BCUT2D eigenvalue weighted by Gasteiger charge is 2.45. The zero-order valence-electron chi connectivity index (χ0n) is 24.9. The number of hydrogen-bond donors (Lipinski definition) is 1. The van der Waals surface area contributed by atoms with E-state index in [1.807, 2.05) is 88.4 Å². The third-order valence-corrected chi connectivity index (χ3v) is 8.68. The van der Waals surface area contributed by atoms with E-state index < -0.39 is 12.1 Å². The smallest absolute Gasteiger partial charge is 0.247 e. The number of hydrogen-bond acceptors (Lipinski definition) is 4. The van der Waals surface area contributed by atoms with Crippen molar-refractivity contribution in [1.82, 2.24) is 15.1 Å². The Morgan fingerprint density at radius 1 is 0.878 bits per heavy atom. The van der Waals surface area contributed by atoms with Crippen LogP contribution in [0.1, 0.15) is 83.3 Å². The Morgan fingerprint density at radius 2 is 1.49 bits per heavy atom. The molecule has 0 unspecified atom stereocenters. The summed E-state index contributed by atoms with van der Waals surface area (Å²) < 4.78 is 0. The molecule has 7 heteroatoms. The summed E-state index contributed by atoms with van der Waals surface area (Å²) in [6.45, 7) is 8.41. The molecule has 2 heterocycles. The fraction of sp³-hybridized carbons (Fsp3) is 0.529. The molecule has 2 aliphatic heterocycles. The highest BCUT2D eigenvalue weighted by Crippen LogP contribution is 2.34. The van der Waals surface area contributed by atoms with Gasteiger partial charge in [0.1, 0.15) is 6.04 Å². The standard InChI is InChI=1S/C34H45N3O4/c1-5-24(4)33(40)35-29-22-36(32(39)20-23(2)3)19-18-27-16-17-30(37(27)34(29)41)31(38)21-28(25-12-8-6-9-13-25)26-14-10-7-11-15-26/h6-15,23-24,27-30H,5,16-22H2,1-4H3,(H,35,40)/t24-,27-,29+,30+/m1/s1. The van der Waals surface area contributed by atoms with Crippen LogP contribution in [0.3, 0.4) is 0 Å². The molecule has 2 fully saturated rings. The first kappa shape index (κ1) is 30.5. The first-order valence-corrected chi connectivity index (χ1v) is 15.2. The Bertz CT molecular complexity index is 1160. The number of carbonyl (C=O) groups is 4. The Balaban J connectivity index is 1.60. The van der Waals surface area contributed by atoms with Crippen molar-refractivity contribution in [3.05, 3.63) is 71.8 Å². The van der Waals surface area contributed by atoms with E-state index in [1.165, 1.54) is 0 Å². The van der Waals surface area contributed by atoms with Crippen LogP contribution in [0.5, 0.6) is 0 Å². The van der Waals surface area contributed by atoms with Crippen LogP contribution in [0, 0.1) is 11.8 Å². The van der Waals surface area contributed by atoms with E-state index in [0.717, 1.165) is 11.1 Å². The van der Waals surface area contributed by atoms with Gasteiger partial charge in [-0.1, -0.05) is 88.4 Å². The van der Waals surface area contributed by atoms with Crippen molar-refractivity contribution in [2.45, 2.75) is 90.3 Å². The van der Waals surface area contributed by atoms with Gasteiger partial charge in [0.05, 0.1) is 6.04 Å². The van der Waals surface area contributed by atoms with Gasteiger partial charge >= 0.3 is 0 Å². The van der Waals surface area contributed by atoms with Gasteiger partial charge in [0.25, 0.3) is 0 Å². The highest BCUT2D eigenvalue weighted by atomic mass is 16.2. The van der Waals surface area contributed by atoms with Gasteiger partial charge in [-0.3, -0.25) is 19.2 Å². The van der Waals surface area contributed by atoms with Crippen molar-refractivity contribution >= 4 is 23.5 Å². The number of benzene rings is 2. The van der Waals surface area contributed by atoms with Crippen LogP contribution in [0.2, 0.25) is 0 Å². The molecule has 220 valence electrons. The lowest BCUT2D eigenvalue weighted by atomic mass is 9.85. The van der Waals surface area contributed by atoms with Gasteiger partial charge in [0.2, 0.25) is 17.7 Å². The zero-order valence-corrected chi connectivity index (χ0v) is 24.9. The van der Waals surface area contributed by atoms with Crippen molar-refractivity contribution in [1.29, 1.82) is 0 Å². The van der Waals surface area contributed by atoms with Gasteiger partial charge in [-0.2, -0.15) is 0 Å². The molecule has 0 bridgehead atoms. The van der Waals surface area contributed by atoms with Crippen LogP contribution in [0.4, 0.5) is 0 Å². The summed E-state index contributed by atoms with van der Waals surface area (Å²) in [5.74, 6) is -0.572. The predicted octanol–water partition coefficient (Wildman–Crippen LogP) is 4.95. The fourth-order valence-corrected chi connectivity index (χ4v) is 6.14.